The molecule has 3 heteroatoms. The Hall–Kier alpha value is -3.24. The molecule has 0 aliphatic rings. The zero-order valence-corrected chi connectivity index (χ0v) is 18.3. The quantitative estimate of drug-likeness (QED) is 0.358. The lowest BCUT2D eigenvalue weighted by Gasteiger charge is -2.37. The van der Waals surface area contributed by atoms with Crippen molar-refractivity contribution in [1.29, 1.82) is 0 Å². The second-order valence-corrected chi connectivity index (χ2v) is 7.83. The Kier molecular flexibility index (Phi) is 7.13. The maximum absolute atomic E-state index is 11.2. The monoisotopic (exact) mass is 423 g/mol. The van der Waals surface area contributed by atoms with Gasteiger partial charge in [0.2, 0.25) is 0 Å². The van der Waals surface area contributed by atoms with Gasteiger partial charge in [0.1, 0.15) is 5.60 Å². The van der Waals surface area contributed by atoms with E-state index in [1.54, 1.807) is 0 Å². The van der Waals surface area contributed by atoms with E-state index in [4.69, 9.17) is 4.74 Å². The number of likely N-dealkylation sites (N-methyl/N-ethyl adjacent to an activating group) is 1. The Morgan fingerprint density at radius 2 is 1.03 bits per heavy atom. The van der Waals surface area contributed by atoms with Crippen LogP contribution < -0.4 is 5.32 Å². The summed E-state index contributed by atoms with van der Waals surface area (Å²) in [5.41, 5.74) is 3.23. The Labute approximate surface area is 190 Å². The molecule has 0 fully saturated rings. The summed E-state index contributed by atoms with van der Waals surface area (Å²) in [5, 5.41) is 14.4. The van der Waals surface area contributed by atoms with Crippen molar-refractivity contribution in [3.05, 3.63) is 144 Å². The summed E-state index contributed by atoms with van der Waals surface area (Å²) < 4.78 is 6.76. The zero-order chi connectivity index (χ0) is 22.2. The fourth-order valence-corrected chi connectivity index (χ4v) is 4.32. The van der Waals surface area contributed by atoms with Gasteiger partial charge in [-0.15, -0.1) is 0 Å². The van der Waals surface area contributed by atoms with E-state index >= 15 is 0 Å². The molecular formula is C29H29NO2. The molecule has 162 valence electrons. The van der Waals surface area contributed by atoms with Crippen LogP contribution in [0.25, 0.3) is 0 Å². The van der Waals surface area contributed by atoms with Gasteiger partial charge in [0.25, 0.3) is 0 Å². The van der Waals surface area contributed by atoms with E-state index in [2.05, 4.69) is 41.7 Å². The third-order valence-electron chi connectivity index (χ3n) is 5.87. The summed E-state index contributed by atoms with van der Waals surface area (Å²) in [4.78, 5) is 0. The van der Waals surface area contributed by atoms with E-state index in [-0.39, 0.29) is 12.6 Å². The fraction of sp³-hybridized carbons (Fsp3) is 0.172. The highest BCUT2D eigenvalue weighted by Crippen LogP contribution is 2.40. The van der Waals surface area contributed by atoms with E-state index in [0.29, 0.717) is 0 Å². The van der Waals surface area contributed by atoms with Crippen LogP contribution in [0.2, 0.25) is 0 Å². The highest BCUT2D eigenvalue weighted by molar-refractivity contribution is 5.47. The molecule has 0 saturated carbocycles. The number of rotatable bonds is 9. The number of aliphatic hydroxyl groups is 1. The molecule has 4 rings (SSSR count). The lowest BCUT2D eigenvalue weighted by atomic mass is 9.80. The summed E-state index contributed by atoms with van der Waals surface area (Å²) in [6.07, 6.45) is -0.738. The van der Waals surface area contributed by atoms with Crippen LogP contribution in [0.4, 0.5) is 0 Å². The first-order valence-corrected chi connectivity index (χ1v) is 11.0. The minimum Gasteiger partial charge on any atom is -0.389 e. The van der Waals surface area contributed by atoms with Crippen LogP contribution in [0.5, 0.6) is 0 Å². The predicted molar refractivity (Wildman–Crippen MR) is 129 cm³/mol. The predicted octanol–water partition coefficient (Wildman–Crippen LogP) is 5.32. The van der Waals surface area contributed by atoms with E-state index in [9.17, 15) is 5.11 Å². The van der Waals surface area contributed by atoms with Crippen LogP contribution in [0, 0.1) is 0 Å². The minimum absolute atomic E-state index is 0.152. The van der Waals surface area contributed by atoms with Crippen molar-refractivity contribution < 1.29 is 9.84 Å². The second-order valence-electron chi connectivity index (χ2n) is 7.83. The van der Waals surface area contributed by atoms with Gasteiger partial charge < -0.3 is 15.2 Å². The summed E-state index contributed by atoms with van der Waals surface area (Å²) in [6, 6.07) is 40.4. The van der Waals surface area contributed by atoms with Crippen molar-refractivity contribution in [3.8, 4) is 0 Å². The molecule has 0 aliphatic heterocycles. The molecule has 2 N–H and O–H groups in total. The summed E-state index contributed by atoms with van der Waals surface area (Å²) in [7, 11) is 1.86. The first-order valence-electron chi connectivity index (χ1n) is 11.0. The first-order chi connectivity index (χ1) is 15.8. The second kappa shape index (κ2) is 10.4. The van der Waals surface area contributed by atoms with Gasteiger partial charge in [0, 0.05) is 0 Å². The maximum atomic E-state index is 11.2. The minimum atomic E-state index is -0.847. The lowest BCUT2D eigenvalue weighted by Crippen LogP contribution is -2.39. The van der Waals surface area contributed by atoms with Crippen LogP contribution in [-0.4, -0.2) is 24.9 Å². The molecule has 0 unspecified atom stereocenters. The number of aliphatic hydroxyl groups excluding tert-OH is 1. The fourth-order valence-electron chi connectivity index (χ4n) is 4.32. The average Bonchev–Trinajstić information content (AvgIpc) is 2.87. The third-order valence-corrected chi connectivity index (χ3v) is 5.87. The third kappa shape index (κ3) is 4.51. The molecule has 0 heterocycles. The lowest BCUT2D eigenvalue weighted by molar-refractivity contribution is -0.0482. The largest absolute Gasteiger partial charge is 0.389 e. The Morgan fingerprint density at radius 3 is 1.41 bits per heavy atom. The zero-order valence-electron chi connectivity index (χ0n) is 18.3. The van der Waals surface area contributed by atoms with Gasteiger partial charge in [-0.2, -0.15) is 0 Å². The molecule has 0 saturated heterocycles. The normalized spacial score (nSPS) is 13.4. The number of benzene rings is 4. The SMILES string of the molecule is CN[C@H](c1ccccc1)[C@@H](O)COC(c1ccccc1)(c1ccccc1)c1ccccc1. The van der Waals surface area contributed by atoms with Gasteiger partial charge in [0.15, 0.2) is 0 Å². The molecule has 3 nitrogen and oxygen atoms in total. The summed E-state index contributed by atoms with van der Waals surface area (Å²) >= 11 is 0. The van der Waals surface area contributed by atoms with Crippen molar-refractivity contribution in [2.75, 3.05) is 13.7 Å². The van der Waals surface area contributed by atoms with Crippen LogP contribution in [-0.2, 0) is 10.3 Å². The summed E-state index contributed by atoms with van der Waals surface area (Å²) in [5.74, 6) is 0. The van der Waals surface area contributed by atoms with Crippen molar-refractivity contribution in [2.24, 2.45) is 0 Å². The van der Waals surface area contributed by atoms with Crippen LogP contribution in [0.3, 0.4) is 0 Å². The number of hydrogen-bond acceptors (Lipinski definition) is 3. The summed E-state index contributed by atoms with van der Waals surface area (Å²) in [6.45, 7) is 0.152. The van der Waals surface area contributed by atoms with Crippen molar-refractivity contribution in [3.63, 3.8) is 0 Å². The van der Waals surface area contributed by atoms with Crippen LogP contribution >= 0.6 is 0 Å². The first kappa shape index (κ1) is 22.0. The maximum Gasteiger partial charge on any atom is 0.143 e. The average molecular weight is 424 g/mol. The molecule has 0 aliphatic carbocycles. The van der Waals surface area contributed by atoms with Gasteiger partial charge in [-0.3, -0.25) is 0 Å². The smallest absolute Gasteiger partial charge is 0.143 e. The molecule has 0 amide bonds. The van der Waals surface area contributed by atoms with Gasteiger partial charge in [-0.1, -0.05) is 121 Å². The Morgan fingerprint density at radius 1 is 0.656 bits per heavy atom. The number of hydrogen-bond donors (Lipinski definition) is 2. The van der Waals surface area contributed by atoms with E-state index in [1.165, 1.54) is 0 Å². The van der Waals surface area contributed by atoms with Crippen molar-refractivity contribution in [2.45, 2.75) is 17.7 Å². The van der Waals surface area contributed by atoms with Crippen molar-refractivity contribution >= 4 is 0 Å². The van der Waals surface area contributed by atoms with E-state index in [0.717, 1.165) is 22.3 Å². The highest BCUT2D eigenvalue weighted by Gasteiger charge is 2.38. The van der Waals surface area contributed by atoms with Crippen LogP contribution in [0.1, 0.15) is 28.3 Å². The molecule has 4 aromatic rings. The Balaban J connectivity index is 1.76. The topological polar surface area (TPSA) is 41.5 Å². The van der Waals surface area contributed by atoms with Gasteiger partial charge in [-0.05, 0) is 29.3 Å². The molecule has 4 aromatic carbocycles. The van der Waals surface area contributed by atoms with E-state index < -0.39 is 11.7 Å². The standard InChI is InChI=1S/C29H29NO2/c1-30-28(23-14-6-2-7-15-23)27(31)22-32-29(24-16-8-3-9-17-24,25-18-10-4-11-19-25)26-20-12-5-13-21-26/h2-21,27-28,30-31H,22H2,1H3/t27-,28+/m0/s1. The molecule has 0 radical (unpaired) electrons. The molecule has 0 bridgehead atoms. The number of nitrogens with one attached hydrogen (secondary N) is 1. The Bertz CT molecular complexity index is 973. The van der Waals surface area contributed by atoms with E-state index in [1.807, 2.05) is 92.0 Å². The van der Waals surface area contributed by atoms with Crippen molar-refractivity contribution in [1.82, 2.24) is 5.32 Å². The molecule has 0 spiro atoms. The highest BCUT2D eigenvalue weighted by atomic mass is 16.5. The number of ether oxygens (including phenoxy) is 1. The van der Waals surface area contributed by atoms with Crippen LogP contribution in [0.15, 0.2) is 121 Å². The van der Waals surface area contributed by atoms with Gasteiger partial charge in [-0.25, -0.2) is 0 Å². The van der Waals surface area contributed by atoms with Gasteiger partial charge in [0.05, 0.1) is 18.8 Å². The molecule has 2 atom stereocenters. The van der Waals surface area contributed by atoms with Gasteiger partial charge >= 0.3 is 0 Å². The molecule has 32 heavy (non-hydrogen) atoms. The molecular weight excluding hydrogens is 394 g/mol. The molecule has 0 aromatic heterocycles.